The van der Waals surface area contributed by atoms with E-state index in [1.165, 1.54) is 10.8 Å². The van der Waals surface area contributed by atoms with Gasteiger partial charge in [0.2, 0.25) is 5.91 Å². The normalized spacial score (nSPS) is 10.8. The van der Waals surface area contributed by atoms with Gasteiger partial charge < -0.3 is 9.64 Å². The lowest BCUT2D eigenvalue weighted by molar-refractivity contribution is -0.133. The van der Waals surface area contributed by atoms with Crippen LogP contribution < -0.4 is 5.56 Å². The van der Waals surface area contributed by atoms with Gasteiger partial charge in [-0.15, -0.1) is 0 Å². The molecule has 1 heterocycles. The summed E-state index contributed by atoms with van der Waals surface area (Å²) < 4.78 is 6.60. The highest BCUT2D eigenvalue weighted by molar-refractivity contribution is 5.80. The molecule has 1 amide bonds. The van der Waals surface area contributed by atoms with Crippen molar-refractivity contribution in [2.24, 2.45) is 0 Å². The lowest BCUT2D eigenvalue weighted by Crippen LogP contribution is -2.38. The van der Waals surface area contributed by atoms with Crippen molar-refractivity contribution in [2.75, 3.05) is 20.3 Å². The molecule has 0 bridgehead atoms. The van der Waals surface area contributed by atoms with Crippen molar-refractivity contribution in [3.63, 3.8) is 0 Å². The Labute approximate surface area is 151 Å². The van der Waals surface area contributed by atoms with E-state index < -0.39 is 0 Å². The second kappa shape index (κ2) is 8.40. The van der Waals surface area contributed by atoms with Crippen LogP contribution in [0, 0.1) is 0 Å². The van der Waals surface area contributed by atoms with Crippen LogP contribution in [0.4, 0.5) is 0 Å². The molecule has 0 aliphatic rings. The van der Waals surface area contributed by atoms with Crippen LogP contribution in [0.3, 0.4) is 0 Å². The molecule has 0 atom stereocenters. The molecule has 3 aromatic rings. The van der Waals surface area contributed by atoms with E-state index in [1.54, 1.807) is 18.1 Å². The molecule has 0 radical (unpaired) electrons. The number of benzene rings is 2. The minimum atomic E-state index is -0.288. The van der Waals surface area contributed by atoms with Crippen molar-refractivity contribution in [2.45, 2.75) is 13.1 Å². The zero-order chi connectivity index (χ0) is 18.4. The zero-order valence-corrected chi connectivity index (χ0v) is 14.7. The van der Waals surface area contributed by atoms with Crippen LogP contribution in [0.1, 0.15) is 5.56 Å². The molecule has 0 aliphatic heterocycles. The van der Waals surface area contributed by atoms with Crippen molar-refractivity contribution in [3.05, 3.63) is 76.7 Å². The van der Waals surface area contributed by atoms with Crippen molar-refractivity contribution < 1.29 is 9.53 Å². The predicted molar refractivity (Wildman–Crippen MR) is 99.7 cm³/mol. The first kappa shape index (κ1) is 17.8. The Morgan fingerprint density at radius 2 is 1.85 bits per heavy atom. The Balaban J connectivity index is 1.86. The first-order chi connectivity index (χ1) is 12.7. The number of carbonyl (C=O) groups is 1. The fraction of sp³-hybridized carbons (Fsp3) is 0.250. The third-order valence-corrected chi connectivity index (χ3v) is 4.18. The number of hydrogen-bond acceptors (Lipinski definition) is 4. The molecular formula is C20H21N3O3. The smallest absolute Gasteiger partial charge is 0.269 e. The standard InChI is InChI=1S/C20H21N3O3/c1-26-12-11-22(14-16-7-3-2-4-8-16)20(25)15-23-18-10-6-5-9-17(18)21-13-19(23)24/h2-10,13H,11-12,14-15H2,1H3. The third kappa shape index (κ3) is 4.15. The van der Waals surface area contributed by atoms with Crippen LogP contribution in [-0.2, 0) is 22.6 Å². The molecule has 2 aromatic carbocycles. The average molecular weight is 351 g/mol. The van der Waals surface area contributed by atoms with E-state index in [-0.39, 0.29) is 18.0 Å². The second-order valence-electron chi connectivity index (χ2n) is 5.96. The zero-order valence-electron chi connectivity index (χ0n) is 14.7. The molecule has 6 nitrogen and oxygen atoms in total. The van der Waals surface area contributed by atoms with Crippen molar-refractivity contribution in [1.29, 1.82) is 0 Å². The number of ether oxygens (including phenoxy) is 1. The summed E-state index contributed by atoms with van der Waals surface area (Å²) in [6.07, 6.45) is 1.26. The van der Waals surface area contributed by atoms with Gasteiger partial charge in [-0.1, -0.05) is 42.5 Å². The summed E-state index contributed by atoms with van der Waals surface area (Å²) in [7, 11) is 1.60. The molecule has 3 rings (SSSR count). The Bertz CT molecular complexity index is 938. The fourth-order valence-corrected chi connectivity index (χ4v) is 2.81. The Hall–Kier alpha value is -2.99. The maximum absolute atomic E-state index is 12.9. The molecule has 1 aromatic heterocycles. The maximum atomic E-state index is 12.9. The van der Waals surface area contributed by atoms with Crippen molar-refractivity contribution in [1.82, 2.24) is 14.5 Å². The number of fused-ring (bicyclic) bond motifs is 1. The molecule has 0 aliphatic carbocycles. The maximum Gasteiger partial charge on any atom is 0.269 e. The summed E-state index contributed by atoms with van der Waals surface area (Å²) in [5, 5.41) is 0. The molecule has 0 spiro atoms. The summed E-state index contributed by atoms with van der Waals surface area (Å²) in [6.45, 7) is 1.34. The minimum Gasteiger partial charge on any atom is -0.383 e. The van der Waals surface area contributed by atoms with Gasteiger partial charge in [-0.25, -0.2) is 4.98 Å². The van der Waals surface area contributed by atoms with Gasteiger partial charge in [0.15, 0.2) is 0 Å². The van der Waals surface area contributed by atoms with Gasteiger partial charge in [0.25, 0.3) is 5.56 Å². The summed E-state index contributed by atoms with van der Waals surface area (Å²) in [5.41, 5.74) is 2.08. The van der Waals surface area contributed by atoms with Crippen LogP contribution in [0.2, 0.25) is 0 Å². The number of hydrogen-bond donors (Lipinski definition) is 0. The van der Waals surface area contributed by atoms with E-state index in [0.717, 1.165) is 5.56 Å². The molecule has 0 N–H and O–H groups in total. The second-order valence-corrected chi connectivity index (χ2v) is 5.96. The quantitative estimate of drug-likeness (QED) is 0.654. The summed E-state index contributed by atoms with van der Waals surface area (Å²) >= 11 is 0. The van der Waals surface area contributed by atoms with Gasteiger partial charge >= 0.3 is 0 Å². The van der Waals surface area contributed by atoms with Crippen LogP contribution in [0.15, 0.2) is 65.6 Å². The Morgan fingerprint density at radius 3 is 2.62 bits per heavy atom. The molecule has 0 saturated heterocycles. The van der Waals surface area contributed by atoms with Crippen LogP contribution in [-0.4, -0.2) is 40.6 Å². The van der Waals surface area contributed by atoms with E-state index in [4.69, 9.17) is 4.74 Å². The number of rotatable bonds is 7. The van der Waals surface area contributed by atoms with Gasteiger partial charge in [-0.2, -0.15) is 0 Å². The molecule has 0 saturated carbocycles. The van der Waals surface area contributed by atoms with Gasteiger partial charge in [-0.3, -0.25) is 14.2 Å². The summed E-state index contributed by atoms with van der Waals surface area (Å²) in [6, 6.07) is 17.1. The van der Waals surface area contributed by atoms with Crippen LogP contribution >= 0.6 is 0 Å². The first-order valence-electron chi connectivity index (χ1n) is 8.44. The minimum absolute atomic E-state index is 0.0294. The average Bonchev–Trinajstić information content (AvgIpc) is 2.68. The third-order valence-electron chi connectivity index (χ3n) is 4.18. The highest BCUT2D eigenvalue weighted by atomic mass is 16.5. The molecule has 134 valence electrons. The van der Waals surface area contributed by atoms with Crippen LogP contribution in [0.5, 0.6) is 0 Å². The highest BCUT2D eigenvalue weighted by Gasteiger charge is 2.16. The predicted octanol–water partition coefficient (Wildman–Crippen LogP) is 2.07. The van der Waals surface area contributed by atoms with Crippen molar-refractivity contribution in [3.8, 4) is 0 Å². The van der Waals surface area contributed by atoms with Crippen LogP contribution in [0.25, 0.3) is 11.0 Å². The van der Waals surface area contributed by atoms with Gasteiger partial charge in [-0.05, 0) is 17.7 Å². The largest absolute Gasteiger partial charge is 0.383 e. The molecule has 26 heavy (non-hydrogen) atoms. The Morgan fingerprint density at radius 1 is 1.12 bits per heavy atom. The van der Waals surface area contributed by atoms with E-state index in [0.29, 0.717) is 30.7 Å². The lowest BCUT2D eigenvalue weighted by atomic mass is 10.2. The van der Waals surface area contributed by atoms with E-state index in [1.807, 2.05) is 48.5 Å². The number of nitrogens with zero attached hydrogens (tertiary/aromatic N) is 3. The summed E-state index contributed by atoms with van der Waals surface area (Å²) in [5.74, 6) is -0.135. The number of methoxy groups -OCH3 is 1. The molecule has 0 fully saturated rings. The van der Waals surface area contributed by atoms with E-state index in [2.05, 4.69) is 4.98 Å². The monoisotopic (exact) mass is 351 g/mol. The molecular weight excluding hydrogens is 330 g/mol. The highest BCUT2D eigenvalue weighted by Crippen LogP contribution is 2.10. The number of para-hydroxylation sites is 2. The number of aromatic nitrogens is 2. The number of amides is 1. The Kier molecular flexibility index (Phi) is 5.76. The number of carbonyl (C=O) groups excluding carboxylic acids is 1. The fourth-order valence-electron chi connectivity index (χ4n) is 2.81. The summed E-state index contributed by atoms with van der Waals surface area (Å²) in [4.78, 5) is 31.0. The first-order valence-corrected chi connectivity index (χ1v) is 8.44. The van der Waals surface area contributed by atoms with Gasteiger partial charge in [0.05, 0.1) is 23.8 Å². The SMILES string of the molecule is COCCN(Cc1ccccc1)C(=O)Cn1c(=O)cnc2ccccc21. The lowest BCUT2D eigenvalue weighted by Gasteiger charge is -2.23. The topological polar surface area (TPSA) is 64.4 Å². The van der Waals surface area contributed by atoms with Gasteiger partial charge in [0, 0.05) is 20.2 Å². The molecule has 6 heteroatoms. The van der Waals surface area contributed by atoms with Gasteiger partial charge in [0.1, 0.15) is 6.54 Å². The van der Waals surface area contributed by atoms with Crippen molar-refractivity contribution >= 4 is 16.9 Å². The molecule has 0 unspecified atom stereocenters. The van der Waals surface area contributed by atoms with E-state index in [9.17, 15) is 9.59 Å². The van der Waals surface area contributed by atoms with E-state index >= 15 is 0 Å².